The maximum Gasteiger partial charge on any atom is 0.220 e. The van der Waals surface area contributed by atoms with E-state index in [-0.39, 0.29) is 22.8 Å². The molecule has 0 spiro atoms. The van der Waals surface area contributed by atoms with Crippen LogP contribution in [0.15, 0.2) is 42.6 Å². The van der Waals surface area contributed by atoms with Crippen LogP contribution in [0.4, 0.5) is 10.1 Å². The molecular weight excluding hydrogens is 351 g/mol. The highest BCUT2D eigenvalue weighted by molar-refractivity contribution is 6.09. The van der Waals surface area contributed by atoms with Crippen molar-refractivity contribution in [2.45, 2.75) is 6.42 Å². The second kappa shape index (κ2) is 7.74. The zero-order valence-corrected chi connectivity index (χ0v) is 14.4. The zero-order chi connectivity index (χ0) is 19.4. The number of ether oxygens (including phenoxy) is 1. The van der Waals surface area contributed by atoms with Gasteiger partial charge >= 0.3 is 0 Å². The summed E-state index contributed by atoms with van der Waals surface area (Å²) in [4.78, 5) is 39.1. The van der Waals surface area contributed by atoms with Crippen molar-refractivity contribution in [3.8, 4) is 5.75 Å². The smallest absolute Gasteiger partial charge is 0.220 e. The van der Waals surface area contributed by atoms with E-state index in [9.17, 15) is 18.8 Å². The van der Waals surface area contributed by atoms with E-state index in [1.165, 1.54) is 25.3 Å². The normalized spacial score (nSPS) is 10.4. The van der Waals surface area contributed by atoms with Crippen LogP contribution >= 0.6 is 0 Å². The third-order valence-corrected chi connectivity index (χ3v) is 4.15. The van der Waals surface area contributed by atoms with Crippen molar-refractivity contribution in [3.05, 3.63) is 65.1 Å². The Morgan fingerprint density at radius 2 is 1.78 bits per heavy atom. The monoisotopic (exact) mass is 366 g/mol. The lowest BCUT2D eigenvalue weighted by molar-refractivity contribution is -0.113. The van der Waals surface area contributed by atoms with Crippen LogP contribution in [0.1, 0.15) is 21.5 Å². The number of anilines is 1. The molecule has 0 atom stereocenters. The molecule has 2 aromatic carbocycles. The molecule has 136 valence electrons. The third-order valence-electron chi connectivity index (χ3n) is 4.15. The Balaban J connectivity index is 2.18. The number of carbonyl (C=O) groups excluding carboxylic acids is 3. The van der Waals surface area contributed by atoms with Crippen LogP contribution in [-0.2, 0) is 16.0 Å². The number of methoxy groups -OCH3 is 1. The van der Waals surface area contributed by atoms with Gasteiger partial charge in [0.25, 0.3) is 0 Å². The second-order valence-corrected chi connectivity index (χ2v) is 5.80. The first-order chi connectivity index (χ1) is 13.1. The summed E-state index contributed by atoms with van der Waals surface area (Å²) in [7, 11) is 1.41. The predicted octanol–water partition coefficient (Wildman–Crippen LogP) is 2.91. The fourth-order valence-electron chi connectivity index (χ4n) is 2.90. The molecule has 0 radical (unpaired) electrons. The van der Waals surface area contributed by atoms with Crippen LogP contribution < -0.4 is 9.64 Å². The molecule has 0 saturated heterocycles. The van der Waals surface area contributed by atoms with Gasteiger partial charge in [0.15, 0.2) is 12.0 Å². The minimum atomic E-state index is -0.323. The molecule has 0 N–H and O–H groups in total. The van der Waals surface area contributed by atoms with Gasteiger partial charge in [0.05, 0.1) is 18.4 Å². The van der Waals surface area contributed by atoms with E-state index in [0.717, 1.165) is 16.0 Å². The van der Waals surface area contributed by atoms with Gasteiger partial charge in [-0.2, -0.15) is 0 Å². The lowest BCUT2D eigenvalue weighted by Gasteiger charge is -2.16. The molecule has 0 aliphatic heterocycles. The standard InChI is InChI=1S/C20H15FN2O4/c1-27-20-15(10-24)8-18(23(11-25)12-26)17-7-14(9-22-19(17)20)6-13-2-4-16(21)5-3-13/h2-5,7-12H,6H2,1H3. The first-order valence-electron chi connectivity index (χ1n) is 7.99. The van der Waals surface area contributed by atoms with Gasteiger partial charge in [0, 0.05) is 11.6 Å². The second-order valence-electron chi connectivity index (χ2n) is 5.80. The molecule has 7 heteroatoms. The maximum absolute atomic E-state index is 13.1. The fourth-order valence-corrected chi connectivity index (χ4v) is 2.90. The van der Waals surface area contributed by atoms with Gasteiger partial charge in [0.1, 0.15) is 11.3 Å². The number of nitrogens with zero attached hydrogens (tertiary/aromatic N) is 2. The topological polar surface area (TPSA) is 76.6 Å². The largest absolute Gasteiger partial charge is 0.494 e. The van der Waals surface area contributed by atoms with Gasteiger partial charge in [-0.05, 0) is 41.8 Å². The average Bonchev–Trinajstić information content (AvgIpc) is 2.70. The molecule has 1 aromatic heterocycles. The highest BCUT2D eigenvalue weighted by Gasteiger charge is 2.18. The highest BCUT2D eigenvalue weighted by atomic mass is 19.1. The molecular formula is C20H15FN2O4. The van der Waals surface area contributed by atoms with Crippen molar-refractivity contribution >= 4 is 35.7 Å². The van der Waals surface area contributed by atoms with Crippen LogP contribution in [0, 0.1) is 5.82 Å². The summed E-state index contributed by atoms with van der Waals surface area (Å²) in [6.45, 7) is 0. The van der Waals surface area contributed by atoms with Crippen molar-refractivity contribution in [2.24, 2.45) is 0 Å². The van der Waals surface area contributed by atoms with E-state index < -0.39 is 0 Å². The van der Waals surface area contributed by atoms with Gasteiger partial charge in [0.2, 0.25) is 12.8 Å². The number of hydrogen-bond acceptors (Lipinski definition) is 5. The molecule has 0 bridgehead atoms. The number of halogens is 1. The van der Waals surface area contributed by atoms with E-state index in [1.807, 2.05) is 0 Å². The lowest BCUT2D eigenvalue weighted by Crippen LogP contribution is -2.19. The minimum absolute atomic E-state index is 0.174. The Kier molecular flexibility index (Phi) is 5.21. The number of amides is 2. The summed E-state index contributed by atoms with van der Waals surface area (Å²) in [6, 6.07) is 9.24. The molecule has 0 aliphatic rings. The summed E-state index contributed by atoms with van der Waals surface area (Å²) < 4.78 is 18.4. The van der Waals surface area contributed by atoms with Crippen molar-refractivity contribution in [1.82, 2.24) is 4.98 Å². The van der Waals surface area contributed by atoms with Crippen LogP contribution in [0.5, 0.6) is 5.75 Å². The number of hydrogen-bond donors (Lipinski definition) is 0. The van der Waals surface area contributed by atoms with E-state index in [2.05, 4.69) is 4.98 Å². The molecule has 0 aliphatic carbocycles. The Bertz CT molecular complexity index is 1010. The predicted molar refractivity (Wildman–Crippen MR) is 97.5 cm³/mol. The molecule has 3 rings (SSSR count). The van der Waals surface area contributed by atoms with Gasteiger partial charge in [-0.15, -0.1) is 0 Å². The molecule has 6 nitrogen and oxygen atoms in total. The van der Waals surface area contributed by atoms with Gasteiger partial charge in [-0.25, -0.2) is 4.39 Å². The van der Waals surface area contributed by atoms with Crippen molar-refractivity contribution in [1.29, 1.82) is 0 Å². The van der Waals surface area contributed by atoms with E-state index in [0.29, 0.717) is 36.4 Å². The lowest BCUT2D eigenvalue weighted by atomic mass is 10.0. The summed E-state index contributed by atoms with van der Waals surface area (Å²) in [5.74, 6) is -0.0646. The molecule has 27 heavy (non-hydrogen) atoms. The Labute approximate surface area is 154 Å². The zero-order valence-electron chi connectivity index (χ0n) is 14.4. The number of aromatic nitrogens is 1. The average molecular weight is 366 g/mol. The Morgan fingerprint density at radius 3 is 2.37 bits per heavy atom. The van der Waals surface area contributed by atoms with E-state index in [4.69, 9.17) is 4.74 Å². The molecule has 0 unspecified atom stereocenters. The van der Waals surface area contributed by atoms with Crippen LogP contribution in [0.25, 0.3) is 10.9 Å². The van der Waals surface area contributed by atoms with E-state index >= 15 is 0 Å². The number of imide groups is 1. The van der Waals surface area contributed by atoms with Crippen LogP contribution in [0.2, 0.25) is 0 Å². The maximum atomic E-state index is 13.1. The first kappa shape index (κ1) is 18.2. The third kappa shape index (κ3) is 3.52. The summed E-state index contributed by atoms with van der Waals surface area (Å²) in [5.41, 5.74) is 2.42. The molecule has 3 aromatic rings. The Hall–Kier alpha value is -3.61. The van der Waals surface area contributed by atoms with Crippen LogP contribution in [-0.4, -0.2) is 31.2 Å². The molecule has 0 fully saturated rings. The molecule has 2 amide bonds. The SMILES string of the molecule is COc1c(C=O)cc(N(C=O)C=O)c2cc(Cc3ccc(F)cc3)cnc12. The van der Waals surface area contributed by atoms with Gasteiger partial charge in [-0.3, -0.25) is 24.3 Å². The summed E-state index contributed by atoms with van der Waals surface area (Å²) in [6.07, 6.45) is 3.37. The number of benzene rings is 2. The van der Waals surface area contributed by atoms with Crippen LogP contribution in [0.3, 0.4) is 0 Å². The number of pyridine rings is 1. The number of carbonyl (C=O) groups is 3. The number of aldehydes is 1. The highest BCUT2D eigenvalue weighted by Crippen LogP contribution is 2.35. The van der Waals surface area contributed by atoms with Gasteiger partial charge in [-0.1, -0.05) is 12.1 Å². The van der Waals surface area contributed by atoms with E-state index in [1.54, 1.807) is 24.4 Å². The van der Waals surface area contributed by atoms with Gasteiger partial charge < -0.3 is 4.74 Å². The molecule has 1 heterocycles. The molecule has 0 saturated carbocycles. The number of rotatable bonds is 7. The quantitative estimate of drug-likeness (QED) is 0.601. The van der Waals surface area contributed by atoms with Crippen molar-refractivity contribution in [2.75, 3.05) is 12.0 Å². The summed E-state index contributed by atoms with van der Waals surface area (Å²) >= 11 is 0. The Morgan fingerprint density at radius 1 is 1.07 bits per heavy atom. The number of fused-ring (bicyclic) bond motifs is 1. The summed E-state index contributed by atoms with van der Waals surface area (Å²) in [5, 5.41) is 0.483. The minimum Gasteiger partial charge on any atom is -0.494 e. The van der Waals surface area contributed by atoms with Crippen molar-refractivity contribution in [3.63, 3.8) is 0 Å². The fraction of sp³-hybridized carbons (Fsp3) is 0.100. The van der Waals surface area contributed by atoms with Crippen molar-refractivity contribution < 1.29 is 23.5 Å². The first-order valence-corrected chi connectivity index (χ1v) is 7.99.